The van der Waals surface area contributed by atoms with Gasteiger partial charge in [-0.1, -0.05) is 23.7 Å². The highest BCUT2D eigenvalue weighted by molar-refractivity contribution is 6.29. The molecule has 16 heavy (non-hydrogen) atoms. The van der Waals surface area contributed by atoms with E-state index in [9.17, 15) is 0 Å². The number of nitrogens with zero attached hydrogens (tertiary/aromatic N) is 1. The number of hydrogen-bond acceptors (Lipinski definition) is 2. The Hall–Kier alpha value is -0.860. The highest BCUT2D eigenvalue weighted by Gasteiger charge is 2.28. The van der Waals surface area contributed by atoms with Crippen LogP contribution in [0, 0.1) is 5.92 Å². The van der Waals surface area contributed by atoms with E-state index in [1.54, 1.807) is 0 Å². The van der Waals surface area contributed by atoms with Gasteiger partial charge in [0.05, 0.1) is 0 Å². The third-order valence-electron chi connectivity index (χ3n) is 3.62. The predicted molar refractivity (Wildman–Crippen MR) is 66.4 cm³/mol. The molecule has 0 saturated carbocycles. The Kier molecular flexibility index (Phi) is 2.70. The molecular weight excluding hydrogens is 220 g/mol. The smallest absolute Gasteiger partial charge is 0.129 e. The summed E-state index contributed by atoms with van der Waals surface area (Å²) in [6.45, 7) is 1.15. The predicted octanol–water partition coefficient (Wildman–Crippen LogP) is 2.89. The molecule has 0 aromatic carbocycles. The molecule has 1 aliphatic heterocycles. The Morgan fingerprint density at radius 2 is 2.31 bits per heavy atom. The molecule has 0 spiro atoms. The molecule has 2 atom stereocenters. The van der Waals surface area contributed by atoms with Gasteiger partial charge in [0.15, 0.2) is 0 Å². The first-order chi connectivity index (χ1) is 7.83. The monoisotopic (exact) mass is 234 g/mol. The molecule has 1 aliphatic carbocycles. The number of allylic oxidation sites excluding steroid dienone is 1. The Bertz CT molecular complexity index is 410. The Morgan fingerprint density at radius 1 is 1.38 bits per heavy atom. The van der Waals surface area contributed by atoms with Crippen LogP contribution in [-0.4, -0.2) is 17.6 Å². The molecule has 2 aliphatic rings. The van der Waals surface area contributed by atoms with Crippen molar-refractivity contribution >= 4 is 17.2 Å². The average Bonchev–Trinajstić information content (AvgIpc) is 2.31. The fraction of sp³-hybridized carbons (Fsp3) is 0.462. The molecule has 2 nitrogen and oxygen atoms in total. The summed E-state index contributed by atoms with van der Waals surface area (Å²) in [5.74, 6) is 0.711. The Labute approximate surface area is 101 Å². The van der Waals surface area contributed by atoms with Crippen LogP contribution in [0.5, 0.6) is 0 Å². The molecule has 0 amide bonds. The van der Waals surface area contributed by atoms with Crippen molar-refractivity contribution in [2.75, 3.05) is 6.54 Å². The van der Waals surface area contributed by atoms with E-state index >= 15 is 0 Å². The van der Waals surface area contributed by atoms with Gasteiger partial charge >= 0.3 is 0 Å². The van der Waals surface area contributed by atoms with Gasteiger partial charge < -0.3 is 5.32 Å². The molecule has 2 heterocycles. The molecule has 3 heteroatoms. The normalized spacial score (nSPS) is 28.7. The second kappa shape index (κ2) is 4.19. The second-order valence-electron chi connectivity index (χ2n) is 4.64. The zero-order chi connectivity index (χ0) is 11.0. The number of hydrogen-bond donors (Lipinski definition) is 1. The van der Waals surface area contributed by atoms with Crippen molar-refractivity contribution in [3.8, 4) is 0 Å². The maximum atomic E-state index is 5.81. The van der Waals surface area contributed by atoms with Gasteiger partial charge in [-0.25, -0.2) is 4.98 Å². The minimum Gasteiger partial charge on any atom is -0.314 e. The molecule has 3 rings (SSSR count). The van der Waals surface area contributed by atoms with Crippen LogP contribution in [0.3, 0.4) is 0 Å². The van der Waals surface area contributed by atoms with E-state index in [2.05, 4.69) is 22.4 Å². The molecule has 1 aromatic rings. The first-order valence-corrected chi connectivity index (χ1v) is 6.26. The molecule has 1 saturated heterocycles. The maximum absolute atomic E-state index is 5.81. The van der Waals surface area contributed by atoms with Crippen molar-refractivity contribution < 1.29 is 0 Å². The first-order valence-electron chi connectivity index (χ1n) is 5.88. The summed E-state index contributed by atoms with van der Waals surface area (Å²) in [5, 5.41) is 4.12. The molecular formula is C13H15ClN2. The summed E-state index contributed by atoms with van der Waals surface area (Å²) in [4.78, 5) is 4.17. The first kappa shape index (κ1) is 10.3. The molecule has 1 fully saturated rings. The third kappa shape index (κ3) is 1.87. The number of pyridine rings is 1. The van der Waals surface area contributed by atoms with Crippen molar-refractivity contribution in [2.45, 2.75) is 25.3 Å². The van der Waals surface area contributed by atoms with Crippen LogP contribution in [0.1, 0.15) is 24.8 Å². The minimum atomic E-state index is 0.573. The van der Waals surface area contributed by atoms with E-state index in [1.807, 2.05) is 12.3 Å². The Morgan fingerprint density at radius 3 is 3.12 bits per heavy atom. The van der Waals surface area contributed by atoms with Crippen molar-refractivity contribution in [3.05, 3.63) is 35.1 Å². The standard InChI is InChI=1S/C13H15ClN2/c14-13-4-1-10(8-16-13)12-3-2-11-7-9(12)5-6-15-11/h1,3-4,8-9,11,15H,2,5-7H2. The van der Waals surface area contributed by atoms with Gasteiger partial charge in [-0.05, 0) is 48.9 Å². The van der Waals surface area contributed by atoms with Gasteiger partial charge in [-0.15, -0.1) is 0 Å². The van der Waals surface area contributed by atoms with Crippen LogP contribution >= 0.6 is 11.6 Å². The lowest BCUT2D eigenvalue weighted by Crippen LogP contribution is -2.40. The van der Waals surface area contributed by atoms with Crippen LogP contribution in [0.15, 0.2) is 24.4 Å². The van der Waals surface area contributed by atoms with Crippen LogP contribution in [-0.2, 0) is 0 Å². The highest BCUT2D eigenvalue weighted by Crippen LogP contribution is 2.36. The van der Waals surface area contributed by atoms with Gasteiger partial charge in [0, 0.05) is 12.2 Å². The largest absolute Gasteiger partial charge is 0.314 e. The number of fused-ring (bicyclic) bond motifs is 2. The second-order valence-corrected chi connectivity index (χ2v) is 5.02. The van der Waals surface area contributed by atoms with Gasteiger partial charge in [0.1, 0.15) is 5.15 Å². The lowest BCUT2D eigenvalue weighted by atomic mass is 9.78. The van der Waals surface area contributed by atoms with Crippen molar-refractivity contribution in [3.63, 3.8) is 0 Å². The zero-order valence-corrected chi connectivity index (χ0v) is 9.87. The van der Waals surface area contributed by atoms with Crippen LogP contribution < -0.4 is 5.32 Å². The maximum Gasteiger partial charge on any atom is 0.129 e. The number of halogens is 1. The lowest BCUT2D eigenvalue weighted by Gasteiger charge is -2.35. The lowest BCUT2D eigenvalue weighted by molar-refractivity contribution is 0.340. The van der Waals surface area contributed by atoms with Crippen LogP contribution in [0.25, 0.3) is 5.57 Å². The molecule has 2 bridgehead atoms. The van der Waals surface area contributed by atoms with E-state index in [1.165, 1.54) is 24.0 Å². The highest BCUT2D eigenvalue weighted by atomic mass is 35.5. The Balaban J connectivity index is 1.91. The molecule has 0 radical (unpaired) electrons. The van der Waals surface area contributed by atoms with E-state index in [4.69, 9.17) is 11.6 Å². The number of nitrogens with one attached hydrogen (secondary N) is 1. The average molecular weight is 235 g/mol. The van der Waals surface area contributed by atoms with Crippen LogP contribution in [0.4, 0.5) is 0 Å². The van der Waals surface area contributed by atoms with E-state index in [-0.39, 0.29) is 0 Å². The fourth-order valence-electron chi connectivity index (χ4n) is 2.80. The topological polar surface area (TPSA) is 24.9 Å². The minimum absolute atomic E-state index is 0.573. The summed E-state index contributed by atoms with van der Waals surface area (Å²) in [5.41, 5.74) is 2.72. The van der Waals surface area contributed by atoms with Gasteiger partial charge in [-0.2, -0.15) is 0 Å². The summed E-state index contributed by atoms with van der Waals surface area (Å²) in [6.07, 6.45) is 7.93. The molecule has 2 unspecified atom stereocenters. The van der Waals surface area contributed by atoms with Crippen molar-refractivity contribution in [2.24, 2.45) is 5.92 Å². The third-order valence-corrected chi connectivity index (χ3v) is 3.84. The number of rotatable bonds is 1. The number of aromatic nitrogens is 1. The van der Waals surface area contributed by atoms with Gasteiger partial charge in [-0.3, -0.25) is 0 Å². The zero-order valence-electron chi connectivity index (χ0n) is 9.12. The molecule has 84 valence electrons. The fourth-order valence-corrected chi connectivity index (χ4v) is 2.92. The SMILES string of the molecule is Clc1ccc(C2=CCC3CC2CCN3)cn1. The van der Waals surface area contributed by atoms with Crippen LogP contribution in [0.2, 0.25) is 5.15 Å². The van der Waals surface area contributed by atoms with Gasteiger partial charge in [0.25, 0.3) is 0 Å². The van der Waals surface area contributed by atoms with Crippen molar-refractivity contribution in [1.82, 2.24) is 10.3 Å². The van der Waals surface area contributed by atoms with Crippen molar-refractivity contribution in [1.29, 1.82) is 0 Å². The quantitative estimate of drug-likeness (QED) is 0.756. The molecule has 1 N–H and O–H groups in total. The van der Waals surface area contributed by atoms with E-state index < -0.39 is 0 Å². The number of piperidine rings is 1. The summed E-state index contributed by atoms with van der Waals surface area (Å²) in [6, 6.07) is 4.66. The summed E-state index contributed by atoms with van der Waals surface area (Å²) < 4.78 is 0. The summed E-state index contributed by atoms with van der Waals surface area (Å²) >= 11 is 5.81. The summed E-state index contributed by atoms with van der Waals surface area (Å²) in [7, 11) is 0. The van der Waals surface area contributed by atoms with Gasteiger partial charge in [0.2, 0.25) is 0 Å². The van der Waals surface area contributed by atoms with E-state index in [0.29, 0.717) is 17.1 Å². The molecule has 1 aromatic heterocycles. The van der Waals surface area contributed by atoms with E-state index in [0.717, 1.165) is 13.0 Å².